The molecular formula is C24H25ClN4O5PS2+. The maximum Gasteiger partial charge on any atom is 0.303 e. The monoisotopic (exact) mass is 579 g/mol. The molecule has 3 N–H and O–H groups in total. The molecule has 2 heterocycles. The zero-order valence-corrected chi connectivity index (χ0v) is 23.3. The number of fused-ring (bicyclic) bond motifs is 1. The molecule has 0 aliphatic heterocycles. The van der Waals surface area contributed by atoms with Crippen molar-refractivity contribution in [2.75, 3.05) is 11.8 Å². The molecule has 4 aromatic rings. The molecule has 2 aromatic carbocycles. The van der Waals surface area contributed by atoms with E-state index in [1.54, 1.807) is 23.9 Å². The van der Waals surface area contributed by atoms with E-state index in [1.807, 2.05) is 42.5 Å². The van der Waals surface area contributed by atoms with Crippen molar-refractivity contribution in [2.24, 2.45) is 0 Å². The summed E-state index contributed by atoms with van der Waals surface area (Å²) in [7, 11) is 1.18. The Morgan fingerprint density at radius 2 is 1.92 bits per heavy atom. The molecule has 0 fully saturated rings. The predicted octanol–water partition coefficient (Wildman–Crippen LogP) is 4.75. The van der Waals surface area contributed by atoms with E-state index < -0.39 is 15.3 Å². The number of anilines is 1. The number of hydrogen-bond donors (Lipinski definition) is 3. The maximum atomic E-state index is 13.5. The number of carboxylic acid groups (broad SMARTS) is 1. The van der Waals surface area contributed by atoms with Crippen LogP contribution in [0.4, 0.5) is 5.82 Å². The smallest absolute Gasteiger partial charge is 0.303 e. The molecule has 2 aromatic heterocycles. The van der Waals surface area contributed by atoms with Gasteiger partial charge in [-0.1, -0.05) is 41.9 Å². The van der Waals surface area contributed by atoms with Crippen LogP contribution >= 0.6 is 31.0 Å². The van der Waals surface area contributed by atoms with Gasteiger partial charge >= 0.3 is 5.97 Å². The molecule has 4 rings (SSSR count). The average Bonchev–Trinajstić information content (AvgIpc) is 3.45. The zero-order valence-electron chi connectivity index (χ0n) is 19.8. The molecule has 2 unspecified atom stereocenters. The topological polar surface area (TPSA) is 123 Å². The number of carboxylic acids is 1. The molecule has 37 heavy (non-hydrogen) atoms. The molecule has 0 aliphatic rings. The molecule has 9 nitrogen and oxygen atoms in total. The zero-order chi connectivity index (χ0) is 26.6. The molecule has 0 saturated carbocycles. The van der Waals surface area contributed by atoms with Gasteiger partial charge in [0.2, 0.25) is 15.2 Å². The number of carbonyl (C=O) groups excluding carboxylic acids is 1. The van der Waals surface area contributed by atoms with Gasteiger partial charge in [-0.25, -0.2) is 0 Å². The highest BCUT2D eigenvalue weighted by Gasteiger charge is 2.22. The lowest BCUT2D eigenvalue weighted by atomic mass is 10.1. The van der Waals surface area contributed by atoms with Crippen molar-refractivity contribution in [1.29, 1.82) is 0 Å². The molecule has 2 atom stereocenters. The van der Waals surface area contributed by atoms with Crippen molar-refractivity contribution >= 4 is 68.8 Å². The van der Waals surface area contributed by atoms with Gasteiger partial charge < -0.3 is 15.2 Å². The fourth-order valence-electron chi connectivity index (χ4n) is 3.73. The molecular weight excluding hydrogens is 555 g/mol. The summed E-state index contributed by atoms with van der Waals surface area (Å²) in [5, 5.41) is 16.9. The third-order valence-electron chi connectivity index (χ3n) is 5.43. The largest absolute Gasteiger partial charge is 0.496 e. The fourth-order valence-corrected chi connectivity index (χ4v) is 7.34. The van der Waals surface area contributed by atoms with Crippen LogP contribution in [0.25, 0.3) is 10.9 Å². The van der Waals surface area contributed by atoms with Crippen LogP contribution in [0.1, 0.15) is 24.0 Å². The molecule has 0 bridgehead atoms. The third kappa shape index (κ3) is 6.61. The lowest BCUT2D eigenvalue weighted by molar-refractivity contribution is -0.138. The first kappa shape index (κ1) is 26.9. The second-order valence-electron chi connectivity index (χ2n) is 8.11. The van der Waals surface area contributed by atoms with Gasteiger partial charge in [0.15, 0.2) is 5.82 Å². The number of halogens is 1. The van der Waals surface area contributed by atoms with Crippen molar-refractivity contribution in [3.8, 4) is 5.75 Å². The maximum absolute atomic E-state index is 13.5. The van der Waals surface area contributed by atoms with Crippen LogP contribution in [0.3, 0.4) is 0 Å². The van der Waals surface area contributed by atoms with Crippen molar-refractivity contribution in [2.45, 2.75) is 30.1 Å². The van der Waals surface area contributed by atoms with Gasteiger partial charge in [-0.3, -0.25) is 19.0 Å². The number of amides is 1. The number of methoxy groups -OCH3 is 1. The summed E-state index contributed by atoms with van der Waals surface area (Å²) in [6, 6.07) is 16.7. The minimum absolute atomic E-state index is 0.0670. The van der Waals surface area contributed by atoms with Gasteiger partial charge in [-0.05, 0) is 35.4 Å². The first-order valence-corrected chi connectivity index (χ1v) is 15.3. The van der Waals surface area contributed by atoms with Gasteiger partial charge in [0.05, 0.1) is 35.3 Å². The summed E-state index contributed by atoms with van der Waals surface area (Å²) in [6.07, 6.45) is -0.275. The summed E-state index contributed by atoms with van der Waals surface area (Å²) in [4.78, 5) is 22.5. The summed E-state index contributed by atoms with van der Waals surface area (Å²) in [5.41, 5.74) is 2.60. The minimum Gasteiger partial charge on any atom is -0.496 e. The van der Waals surface area contributed by atoms with Crippen LogP contribution in [0, 0.1) is 0 Å². The van der Waals surface area contributed by atoms with Gasteiger partial charge in [0, 0.05) is 13.0 Å². The van der Waals surface area contributed by atoms with Crippen LogP contribution in [-0.4, -0.2) is 38.1 Å². The highest BCUT2D eigenvalue weighted by molar-refractivity contribution is 8.22. The number of carbonyl (C=O) groups is 2. The summed E-state index contributed by atoms with van der Waals surface area (Å²) in [6.45, 7) is 0.695. The third-order valence-corrected chi connectivity index (χ3v) is 10.3. The number of ether oxygens (including phenoxy) is 1. The predicted molar refractivity (Wildman–Crippen MR) is 150 cm³/mol. The fraction of sp³-hybridized carbons (Fsp3) is 0.208. The van der Waals surface area contributed by atoms with E-state index in [4.69, 9.17) is 26.5 Å². The van der Waals surface area contributed by atoms with E-state index in [2.05, 4.69) is 18.1 Å². The van der Waals surface area contributed by atoms with E-state index in [1.165, 1.54) is 11.3 Å². The van der Waals surface area contributed by atoms with Crippen molar-refractivity contribution in [3.63, 3.8) is 0 Å². The highest BCUT2D eigenvalue weighted by Crippen LogP contribution is 2.35. The number of hydrogen-bond acceptors (Lipinski definition) is 6. The Hall–Kier alpha value is -3.11. The number of aliphatic carboxylic acids is 1. The van der Waals surface area contributed by atoms with Crippen LogP contribution in [0.15, 0.2) is 58.8 Å². The Balaban J connectivity index is 1.60. The second kappa shape index (κ2) is 11.5. The Morgan fingerprint density at radius 1 is 1.16 bits per heavy atom. The van der Waals surface area contributed by atoms with E-state index in [0.29, 0.717) is 32.0 Å². The number of aromatic nitrogens is 2. The van der Waals surface area contributed by atoms with E-state index in [-0.39, 0.29) is 25.3 Å². The molecule has 194 valence electrons. The van der Waals surface area contributed by atoms with Crippen molar-refractivity contribution < 1.29 is 23.6 Å². The molecule has 13 heteroatoms. The van der Waals surface area contributed by atoms with Gasteiger partial charge in [-0.15, -0.1) is 11.3 Å². The quantitative estimate of drug-likeness (QED) is 0.220. The lowest BCUT2D eigenvalue weighted by Gasteiger charge is -2.08. The first-order valence-electron chi connectivity index (χ1n) is 11.1. The number of nitrogens with zero attached hydrogens (tertiary/aromatic N) is 2. The average molecular weight is 580 g/mol. The number of nitrogens with one attached hydrogen (secondary N) is 2. The summed E-state index contributed by atoms with van der Waals surface area (Å²) >= 11 is 7.29. The molecule has 0 saturated heterocycles. The first-order chi connectivity index (χ1) is 17.7. The Morgan fingerprint density at radius 3 is 2.62 bits per heavy atom. The van der Waals surface area contributed by atoms with Crippen molar-refractivity contribution in [3.05, 3.63) is 70.1 Å². The number of thiophene rings is 1. The normalized spacial score (nSPS) is 12.7. The summed E-state index contributed by atoms with van der Waals surface area (Å²) in [5.74, 6) is -0.320. The van der Waals surface area contributed by atoms with Crippen molar-refractivity contribution in [1.82, 2.24) is 15.1 Å². The van der Waals surface area contributed by atoms with Gasteiger partial charge in [0.1, 0.15) is 18.0 Å². The SMILES string of the molecule is COc1cccc2c1c(NS(=O)(=[PH2+])c1ccc(Cl)s1)nn2Cc1cccc(CNC(=O)CCC(=O)O)c1. The van der Waals surface area contributed by atoms with E-state index >= 15 is 0 Å². The second-order valence-corrected chi connectivity index (χ2v) is 13.9. The van der Waals surface area contributed by atoms with Crippen LogP contribution in [0.2, 0.25) is 4.34 Å². The van der Waals surface area contributed by atoms with Crippen LogP contribution in [-0.2, 0) is 32.0 Å². The Bertz CT molecular complexity index is 1570. The van der Waals surface area contributed by atoms with Gasteiger partial charge in [-0.2, -0.15) is 9.31 Å². The Labute approximate surface area is 224 Å². The molecule has 1 amide bonds. The lowest BCUT2D eigenvalue weighted by Crippen LogP contribution is -2.23. The van der Waals surface area contributed by atoms with Gasteiger partial charge in [0.25, 0.3) is 0 Å². The van der Waals surface area contributed by atoms with Crippen LogP contribution in [0.5, 0.6) is 5.75 Å². The molecule has 0 aliphatic carbocycles. The van der Waals surface area contributed by atoms with Crippen LogP contribution < -0.4 is 14.8 Å². The molecule has 0 spiro atoms. The number of benzene rings is 2. The standard InChI is InChI=1S/C24H24ClN4O5PS2/c1-34-18-7-3-6-17-23(18)24(28-37(33,35)22-11-8-19(25)36-22)27-29(17)14-16-5-2-4-15(12-16)13-26-20(30)9-10-21(31)32/h2-8,11-12,35H,9-10,13-14H2,1H3,(H,26,30)(H,31,32)(H,27,28,33)/p+1. The summed E-state index contributed by atoms with van der Waals surface area (Å²) < 4.78 is 25.1. The van der Waals surface area contributed by atoms with E-state index in [9.17, 15) is 13.8 Å². The minimum atomic E-state index is -2.76. The number of rotatable bonds is 11. The van der Waals surface area contributed by atoms with E-state index in [0.717, 1.165) is 16.6 Å². The Kier molecular flexibility index (Phi) is 8.39. The highest BCUT2D eigenvalue weighted by atomic mass is 35.5. The molecule has 0 radical (unpaired) electrons.